The lowest BCUT2D eigenvalue weighted by Gasteiger charge is -2.61. The van der Waals surface area contributed by atoms with Crippen molar-refractivity contribution in [1.29, 1.82) is 0 Å². The van der Waals surface area contributed by atoms with Gasteiger partial charge in [-0.25, -0.2) is 0 Å². The Morgan fingerprint density at radius 2 is 0.958 bits per heavy atom. The molecular weight excluding hydrogens is 1270 g/mol. The maximum absolute atomic E-state index is 12.2. The largest absolute Gasteiger partial charge is 0.394 e. The number of hydrogen-bond acceptors (Lipinski definition) is 33. The molecular formula is C62H104O33. The van der Waals surface area contributed by atoms with Crippen molar-refractivity contribution < 1.29 is 164 Å². The Labute approximate surface area is 548 Å². The molecule has 7 aliphatic heterocycles. The molecule has 20 N–H and O–H groups in total. The molecule has 0 aromatic rings. The molecule has 33 nitrogen and oxygen atoms in total. The Balaban J connectivity index is 0.738. The minimum atomic E-state index is -2.17. The second kappa shape index (κ2) is 30.2. The first-order valence-corrected chi connectivity index (χ1v) is 33.8. The monoisotopic (exact) mass is 1380 g/mol. The van der Waals surface area contributed by atoms with Gasteiger partial charge in [-0.1, -0.05) is 27.7 Å². The lowest BCUT2D eigenvalue weighted by atomic mass is 9.44. The minimum absolute atomic E-state index is 0.0737. The van der Waals surface area contributed by atoms with Crippen molar-refractivity contribution in [3.05, 3.63) is 0 Å². The molecule has 4 aliphatic carbocycles. The van der Waals surface area contributed by atoms with E-state index in [2.05, 4.69) is 20.8 Å². The fourth-order valence-corrected chi connectivity index (χ4v) is 18.3. The van der Waals surface area contributed by atoms with Gasteiger partial charge >= 0.3 is 0 Å². The lowest BCUT2D eigenvalue weighted by molar-refractivity contribution is -0.410. The zero-order chi connectivity index (χ0) is 68.7. The lowest BCUT2D eigenvalue weighted by Crippen LogP contribution is -2.69. The van der Waals surface area contributed by atoms with Crippen molar-refractivity contribution in [2.75, 3.05) is 46.2 Å². The van der Waals surface area contributed by atoms with Crippen LogP contribution in [0.2, 0.25) is 0 Å². The second-order valence-corrected chi connectivity index (χ2v) is 29.4. The van der Waals surface area contributed by atoms with E-state index in [1.807, 2.05) is 6.92 Å². The van der Waals surface area contributed by atoms with Crippen LogP contribution in [0.25, 0.3) is 0 Å². The highest BCUT2D eigenvalue weighted by Gasteiger charge is 2.69. The van der Waals surface area contributed by atoms with E-state index in [1.54, 1.807) is 0 Å². The zero-order valence-electron chi connectivity index (χ0n) is 53.7. The Morgan fingerprint density at radius 3 is 1.60 bits per heavy atom. The third-order valence-electron chi connectivity index (χ3n) is 23.9. The molecule has 4 saturated carbocycles. The van der Waals surface area contributed by atoms with Gasteiger partial charge in [-0.2, -0.15) is 0 Å². The highest BCUT2D eigenvalue weighted by molar-refractivity contribution is 5.15. The highest BCUT2D eigenvalue weighted by Crippen LogP contribution is 2.71. The van der Waals surface area contributed by atoms with Gasteiger partial charge in [0.1, 0.15) is 140 Å². The van der Waals surface area contributed by atoms with Gasteiger partial charge in [-0.15, -0.1) is 0 Å². The standard InChI is InChI=1S/C62H104O33/c1-22(20-83-54-46(78)42(74)38(70)31(15-63)86-54)7-12-62(82)23(2)36-30(95-62)14-28-26-6-5-24-13-25(8-10-60(24,3)27(26)9-11-61(28,36)4)85-56-48(80)44(76)50(35(19-67)90-56)91-59-53(52(41(73)34(18-66)89-59)93-57-47(79)43(75)39(71)32(16-64)87-57)94-58-49(81)51(40(72)33(17-65)88-58)92-55-45(77)37(69)29(68)21-84-55/h22-59,63-82H,5-21H2,1-4H3/t22-,23+,24+,25+,26-,27+,28+,29-,30+,31-,32-,33-,34-,35-,36+,37+,38+,39+,40-,41-,42+,43+,44-,45-,46-,47-,48-,49-,50-,51+,52+,53-,54-,55+,56-,57+,58+,59+,60+,61+,62-/m1/s1. The predicted octanol–water partition coefficient (Wildman–Crippen LogP) is -7.67. The Bertz CT molecular complexity index is 2460. The molecule has 11 rings (SSSR count). The summed E-state index contributed by atoms with van der Waals surface area (Å²) in [6.45, 7) is 3.99. The van der Waals surface area contributed by atoms with E-state index in [9.17, 15) is 102 Å². The second-order valence-electron chi connectivity index (χ2n) is 29.4. The normalized spacial score (nSPS) is 55.3. The van der Waals surface area contributed by atoms with E-state index < -0.39 is 230 Å². The number of fused-ring (bicyclic) bond motifs is 7. The molecule has 11 aliphatic rings. The molecule has 95 heavy (non-hydrogen) atoms. The average molecular weight is 1380 g/mol. The van der Waals surface area contributed by atoms with E-state index in [4.69, 9.17) is 61.6 Å². The molecule has 550 valence electrons. The quantitative estimate of drug-likeness (QED) is 0.0475. The van der Waals surface area contributed by atoms with Crippen LogP contribution in [-0.4, -0.2) is 345 Å². The van der Waals surface area contributed by atoms with Crippen molar-refractivity contribution in [2.24, 2.45) is 52.3 Å². The van der Waals surface area contributed by atoms with Gasteiger partial charge in [0.05, 0.1) is 58.5 Å². The fourth-order valence-electron chi connectivity index (χ4n) is 18.3. The number of hydrogen-bond donors (Lipinski definition) is 20. The van der Waals surface area contributed by atoms with Gasteiger partial charge < -0.3 is 164 Å². The molecule has 0 unspecified atom stereocenters. The predicted molar refractivity (Wildman–Crippen MR) is 311 cm³/mol. The summed E-state index contributed by atoms with van der Waals surface area (Å²) in [5.41, 5.74) is -0.162. The molecule has 0 radical (unpaired) electrons. The van der Waals surface area contributed by atoms with Crippen molar-refractivity contribution >= 4 is 0 Å². The van der Waals surface area contributed by atoms with Crippen LogP contribution in [0.5, 0.6) is 0 Å². The van der Waals surface area contributed by atoms with Crippen LogP contribution >= 0.6 is 0 Å². The summed E-state index contributed by atoms with van der Waals surface area (Å²) in [4.78, 5) is 0. The maximum Gasteiger partial charge on any atom is 0.187 e. The molecule has 7 saturated heterocycles. The Morgan fingerprint density at radius 1 is 0.453 bits per heavy atom. The average Bonchev–Trinajstić information content (AvgIpc) is 1.55. The van der Waals surface area contributed by atoms with Gasteiger partial charge in [0.25, 0.3) is 0 Å². The number of rotatable bonds is 21. The molecule has 41 atom stereocenters. The van der Waals surface area contributed by atoms with Gasteiger partial charge in [-0.05, 0) is 104 Å². The summed E-state index contributed by atoms with van der Waals surface area (Å²) in [6.07, 6.45) is -45.1. The van der Waals surface area contributed by atoms with Crippen LogP contribution in [0.3, 0.4) is 0 Å². The van der Waals surface area contributed by atoms with Crippen LogP contribution in [-0.2, 0) is 61.6 Å². The minimum Gasteiger partial charge on any atom is -0.394 e. The third kappa shape index (κ3) is 14.1. The van der Waals surface area contributed by atoms with Crippen LogP contribution < -0.4 is 0 Å². The van der Waals surface area contributed by atoms with Crippen LogP contribution in [0.1, 0.15) is 91.9 Å². The van der Waals surface area contributed by atoms with Crippen molar-refractivity contribution in [3.8, 4) is 0 Å². The van der Waals surface area contributed by atoms with E-state index in [0.29, 0.717) is 43.4 Å². The number of ether oxygens (including phenoxy) is 13. The van der Waals surface area contributed by atoms with Gasteiger partial charge in [-0.3, -0.25) is 0 Å². The molecule has 11 fully saturated rings. The molecule has 0 aromatic heterocycles. The first kappa shape index (κ1) is 74.9. The summed E-state index contributed by atoms with van der Waals surface area (Å²) in [6, 6.07) is 0. The highest BCUT2D eigenvalue weighted by atomic mass is 16.8. The Kier molecular flexibility index (Phi) is 23.8. The van der Waals surface area contributed by atoms with E-state index >= 15 is 0 Å². The molecule has 7 heterocycles. The number of aliphatic hydroxyl groups is 20. The fraction of sp³-hybridized carbons (Fsp3) is 1.00. The van der Waals surface area contributed by atoms with Gasteiger partial charge in [0, 0.05) is 12.3 Å². The molecule has 33 heteroatoms. The first-order chi connectivity index (χ1) is 45.1. The van der Waals surface area contributed by atoms with Crippen molar-refractivity contribution in [2.45, 2.75) is 288 Å². The zero-order valence-corrected chi connectivity index (χ0v) is 53.7. The van der Waals surface area contributed by atoms with Gasteiger partial charge in [0.15, 0.2) is 43.5 Å². The summed E-state index contributed by atoms with van der Waals surface area (Å²) in [5.74, 6) is -0.161. The molecule has 0 spiro atoms. The van der Waals surface area contributed by atoms with E-state index in [-0.39, 0.29) is 47.2 Å². The van der Waals surface area contributed by atoms with Crippen LogP contribution in [0.15, 0.2) is 0 Å². The summed E-state index contributed by atoms with van der Waals surface area (Å²) in [7, 11) is 0. The third-order valence-corrected chi connectivity index (χ3v) is 23.9. The van der Waals surface area contributed by atoms with Crippen LogP contribution in [0.4, 0.5) is 0 Å². The molecule has 0 bridgehead atoms. The van der Waals surface area contributed by atoms with Gasteiger partial charge in [0.2, 0.25) is 0 Å². The summed E-state index contributed by atoms with van der Waals surface area (Å²) >= 11 is 0. The van der Waals surface area contributed by atoms with E-state index in [1.165, 1.54) is 0 Å². The first-order valence-electron chi connectivity index (χ1n) is 33.8. The van der Waals surface area contributed by atoms with Crippen LogP contribution in [0, 0.1) is 52.3 Å². The SMILES string of the molecule is C[C@H](CC[C@@]1(O)O[C@H]2C[C@H]3[C@@H]4CC[C@H]5C[C@@H](O[C@@H]6O[C@H](CO)[C@@H](O[C@@H]7O[C@H](CO)[C@@H](O)[C@H](O[C@@H]8O[C@H](CO)[C@H](O)[C@H](O)[C@H]8O)[C@H]7O[C@@H]7O[C@H](CO)[C@@H](O)[C@H](O[C@@H]8OC[C@@H](O)[C@H](O)[C@H]8O)[C@H]7O)[C@H](O)[C@H]6O)CC[C@]5(C)[C@H]4CC[C@]3(C)[C@H]2[C@@H]1C)CO[C@@H]1O[C@H](CO)[C@H](O)[C@H](O)[C@H]1O. The number of aliphatic hydroxyl groups excluding tert-OH is 19. The molecule has 0 amide bonds. The maximum atomic E-state index is 12.2. The molecule has 0 aromatic carbocycles. The smallest absolute Gasteiger partial charge is 0.187 e. The topological polar surface area (TPSA) is 525 Å². The van der Waals surface area contributed by atoms with E-state index in [0.717, 1.165) is 38.5 Å². The summed E-state index contributed by atoms with van der Waals surface area (Å²) < 4.78 is 77.9. The van der Waals surface area contributed by atoms with Crippen molar-refractivity contribution in [1.82, 2.24) is 0 Å². The van der Waals surface area contributed by atoms with Crippen molar-refractivity contribution in [3.63, 3.8) is 0 Å². The Hall–Kier alpha value is -1.32. The summed E-state index contributed by atoms with van der Waals surface area (Å²) in [5, 5.41) is 217.